The molecule has 0 unspecified atom stereocenters. The highest BCUT2D eigenvalue weighted by Gasteiger charge is 2.28. The van der Waals surface area contributed by atoms with Crippen LogP contribution in [0, 0.1) is 5.92 Å². The fraction of sp³-hybridized carbons (Fsp3) is 0.615. The number of hydrogen-bond donors (Lipinski definition) is 1. The molecule has 1 fully saturated rings. The first-order chi connectivity index (χ1) is 9.11. The third-order valence-corrected chi connectivity index (χ3v) is 3.65. The van der Waals surface area contributed by atoms with E-state index in [1.165, 1.54) is 7.11 Å². The monoisotopic (exact) mass is 265 g/mol. The number of imidazole rings is 1. The molecular formula is C13H19N3O3. The molecule has 0 atom stereocenters. The smallest absolute Gasteiger partial charge is 0.308 e. The molecule has 1 N–H and O–H groups in total. The summed E-state index contributed by atoms with van der Waals surface area (Å²) >= 11 is 0. The van der Waals surface area contributed by atoms with Crippen LogP contribution >= 0.6 is 0 Å². The molecule has 0 spiro atoms. The molecule has 1 heterocycles. The highest BCUT2D eigenvalue weighted by molar-refractivity contribution is 5.92. The minimum atomic E-state index is -0.142. The van der Waals surface area contributed by atoms with Crippen LogP contribution in [-0.4, -0.2) is 34.6 Å². The van der Waals surface area contributed by atoms with Crippen molar-refractivity contribution < 1.29 is 14.3 Å². The second-order valence-electron chi connectivity index (χ2n) is 4.93. The molecule has 0 aromatic carbocycles. The van der Waals surface area contributed by atoms with E-state index >= 15 is 0 Å². The van der Waals surface area contributed by atoms with Gasteiger partial charge in [0.1, 0.15) is 5.69 Å². The quantitative estimate of drug-likeness (QED) is 0.823. The molecule has 1 aliphatic rings. The van der Waals surface area contributed by atoms with Gasteiger partial charge in [0.2, 0.25) is 0 Å². The predicted octanol–water partition coefficient (Wildman–Crippen LogP) is 0.882. The van der Waals surface area contributed by atoms with Crippen LogP contribution in [0.15, 0.2) is 12.5 Å². The van der Waals surface area contributed by atoms with E-state index in [2.05, 4.69) is 10.3 Å². The number of aryl methyl sites for hydroxylation is 1. The first-order valence-electron chi connectivity index (χ1n) is 6.47. The first kappa shape index (κ1) is 13.6. The van der Waals surface area contributed by atoms with Crippen LogP contribution in [0.25, 0.3) is 0 Å². The zero-order valence-electron chi connectivity index (χ0n) is 11.3. The molecule has 1 aliphatic carbocycles. The van der Waals surface area contributed by atoms with E-state index in [1.54, 1.807) is 24.1 Å². The molecule has 0 saturated heterocycles. The van der Waals surface area contributed by atoms with Crippen molar-refractivity contribution in [3.8, 4) is 0 Å². The fourth-order valence-corrected chi connectivity index (χ4v) is 2.48. The molecule has 6 nitrogen and oxygen atoms in total. The molecular weight excluding hydrogens is 246 g/mol. The van der Waals surface area contributed by atoms with E-state index < -0.39 is 0 Å². The number of carbonyl (C=O) groups excluding carboxylic acids is 2. The van der Waals surface area contributed by atoms with Crippen LogP contribution < -0.4 is 5.32 Å². The molecule has 0 aliphatic heterocycles. The van der Waals surface area contributed by atoms with E-state index in [9.17, 15) is 9.59 Å². The Bertz CT molecular complexity index is 461. The summed E-state index contributed by atoms with van der Waals surface area (Å²) in [6.07, 6.45) is 6.30. The molecule has 2 rings (SSSR count). The van der Waals surface area contributed by atoms with Crippen molar-refractivity contribution in [2.24, 2.45) is 13.0 Å². The summed E-state index contributed by atoms with van der Waals surface area (Å²) in [5, 5.41) is 2.99. The van der Waals surface area contributed by atoms with Gasteiger partial charge in [-0.05, 0) is 25.7 Å². The second-order valence-corrected chi connectivity index (χ2v) is 4.93. The molecule has 104 valence electrons. The Morgan fingerprint density at radius 3 is 2.58 bits per heavy atom. The lowest BCUT2D eigenvalue weighted by atomic mass is 9.86. The lowest BCUT2D eigenvalue weighted by molar-refractivity contribution is -0.146. The van der Waals surface area contributed by atoms with Crippen LogP contribution in [0.3, 0.4) is 0 Å². The van der Waals surface area contributed by atoms with Gasteiger partial charge < -0.3 is 14.6 Å². The summed E-state index contributed by atoms with van der Waals surface area (Å²) in [5.41, 5.74) is 0.551. The van der Waals surface area contributed by atoms with Gasteiger partial charge in [0.25, 0.3) is 5.91 Å². The summed E-state index contributed by atoms with van der Waals surface area (Å²) in [6, 6.07) is 0.128. The molecule has 1 amide bonds. The van der Waals surface area contributed by atoms with Gasteiger partial charge in [-0.25, -0.2) is 4.98 Å². The van der Waals surface area contributed by atoms with Gasteiger partial charge in [-0.1, -0.05) is 0 Å². The fourth-order valence-electron chi connectivity index (χ4n) is 2.48. The van der Waals surface area contributed by atoms with E-state index in [0.29, 0.717) is 5.69 Å². The maximum atomic E-state index is 12.0. The van der Waals surface area contributed by atoms with Crippen molar-refractivity contribution in [3.05, 3.63) is 18.2 Å². The number of carbonyl (C=O) groups is 2. The lowest BCUT2D eigenvalue weighted by Crippen LogP contribution is -2.39. The largest absolute Gasteiger partial charge is 0.469 e. The van der Waals surface area contributed by atoms with Crippen molar-refractivity contribution in [1.82, 2.24) is 14.9 Å². The maximum Gasteiger partial charge on any atom is 0.308 e. The third kappa shape index (κ3) is 3.13. The Morgan fingerprint density at radius 2 is 2.05 bits per heavy atom. The highest BCUT2D eigenvalue weighted by atomic mass is 16.5. The van der Waals surface area contributed by atoms with Crippen LogP contribution in [0.2, 0.25) is 0 Å². The Hall–Kier alpha value is -1.85. The molecule has 1 aromatic rings. The van der Waals surface area contributed by atoms with Crippen molar-refractivity contribution in [3.63, 3.8) is 0 Å². The SMILES string of the molecule is COC(=O)C1CCC(NC(=O)c2cncn2C)CC1. The van der Waals surface area contributed by atoms with Gasteiger partial charge in [0, 0.05) is 13.1 Å². The summed E-state index contributed by atoms with van der Waals surface area (Å²) in [5.74, 6) is -0.271. The Kier molecular flexibility index (Phi) is 4.19. The van der Waals surface area contributed by atoms with E-state index in [-0.39, 0.29) is 23.8 Å². The van der Waals surface area contributed by atoms with E-state index in [4.69, 9.17) is 4.74 Å². The summed E-state index contributed by atoms with van der Waals surface area (Å²) < 4.78 is 6.43. The number of ether oxygens (including phenoxy) is 1. The maximum absolute atomic E-state index is 12.0. The Balaban J connectivity index is 1.85. The van der Waals surface area contributed by atoms with Gasteiger partial charge in [-0.3, -0.25) is 9.59 Å². The number of nitrogens with one attached hydrogen (secondary N) is 1. The standard InChI is InChI=1S/C13H19N3O3/c1-16-8-14-7-11(16)12(17)15-10-5-3-9(4-6-10)13(18)19-2/h7-10H,3-6H2,1-2H3,(H,15,17). The summed E-state index contributed by atoms with van der Waals surface area (Å²) in [6.45, 7) is 0. The number of nitrogens with zero attached hydrogens (tertiary/aromatic N) is 2. The average Bonchev–Trinajstić information content (AvgIpc) is 2.85. The predicted molar refractivity (Wildman–Crippen MR) is 68.4 cm³/mol. The molecule has 0 bridgehead atoms. The van der Waals surface area contributed by atoms with Gasteiger partial charge >= 0.3 is 5.97 Å². The van der Waals surface area contributed by atoms with Crippen LogP contribution in [0.5, 0.6) is 0 Å². The molecule has 1 saturated carbocycles. The lowest BCUT2D eigenvalue weighted by Gasteiger charge is -2.27. The minimum Gasteiger partial charge on any atom is -0.469 e. The van der Waals surface area contributed by atoms with Crippen LogP contribution in [0.4, 0.5) is 0 Å². The van der Waals surface area contributed by atoms with E-state index in [1.807, 2.05) is 0 Å². The number of aromatic nitrogens is 2. The zero-order chi connectivity index (χ0) is 13.8. The number of amides is 1. The number of esters is 1. The van der Waals surface area contributed by atoms with Gasteiger partial charge in [-0.2, -0.15) is 0 Å². The van der Waals surface area contributed by atoms with Crippen LogP contribution in [-0.2, 0) is 16.6 Å². The van der Waals surface area contributed by atoms with Crippen molar-refractivity contribution in [2.75, 3.05) is 7.11 Å². The number of methoxy groups -OCH3 is 1. The number of rotatable bonds is 3. The second kappa shape index (κ2) is 5.86. The van der Waals surface area contributed by atoms with Crippen molar-refractivity contribution in [2.45, 2.75) is 31.7 Å². The van der Waals surface area contributed by atoms with Crippen LogP contribution in [0.1, 0.15) is 36.2 Å². The van der Waals surface area contributed by atoms with Gasteiger partial charge in [-0.15, -0.1) is 0 Å². The normalized spacial score (nSPS) is 22.8. The molecule has 1 aromatic heterocycles. The topological polar surface area (TPSA) is 73.2 Å². The molecule has 6 heteroatoms. The van der Waals surface area contributed by atoms with Gasteiger partial charge in [0.05, 0.1) is 25.6 Å². The third-order valence-electron chi connectivity index (χ3n) is 3.65. The Labute approximate surface area is 112 Å². The summed E-state index contributed by atoms with van der Waals surface area (Å²) in [7, 11) is 3.20. The molecule has 19 heavy (non-hydrogen) atoms. The highest BCUT2D eigenvalue weighted by Crippen LogP contribution is 2.25. The zero-order valence-corrected chi connectivity index (χ0v) is 11.3. The number of hydrogen-bond acceptors (Lipinski definition) is 4. The van der Waals surface area contributed by atoms with Gasteiger partial charge in [0.15, 0.2) is 0 Å². The van der Waals surface area contributed by atoms with Crippen molar-refractivity contribution >= 4 is 11.9 Å². The van der Waals surface area contributed by atoms with Crippen molar-refractivity contribution in [1.29, 1.82) is 0 Å². The average molecular weight is 265 g/mol. The minimum absolute atomic E-state index is 0.0187. The van der Waals surface area contributed by atoms with E-state index in [0.717, 1.165) is 25.7 Å². The Morgan fingerprint density at radius 1 is 1.37 bits per heavy atom. The first-order valence-corrected chi connectivity index (χ1v) is 6.47. The summed E-state index contributed by atoms with van der Waals surface area (Å²) in [4.78, 5) is 27.3. The molecule has 0 radical (unpaired) electrons.